The zero-order valence-electron chi connectivity index (χ0n) is 13.3. The van der Waals surface area contributed by atoms with Crippen LogP contribution in [0, 0.1) is 0 Å². The molecular formula is C15H18N6O3. The molecule has 3 heterocycles. The average Bonchev–Trinajstić information content (AvgIpc) is 2.63. The van der Waals surface area contributed by atoms with Crippen LogP contribution in [-0.4, -0.2) is 56.1 Å². The molecule has 1 saturated heterocycles. The first-order valence-electron chi connectivity index (χ1n) is 7.61. The zero-order chi connectivity index (χ0) is 17.1. The maximum absolute atomic E-state index is 12.4. The number of aromatic nitrogens is 4. The Morgan fingerprint density at radius 2 is 1.92 bits per heavy atom. The second-order valence-corrected chi connectivity index (χ2v) is 5.55. The number of carbonyl (C=O) groups excluding carboxylic acids is 1. The largest absolute Gasteiger partial charge is 0.352 e. The summed E-state index contributed by atoms with van der Waals surface area (Å²) in [6.07, 6.45) is 6.31. The summed E-state index contributed by atoms with van der Waals surface area (Å²) in [6.45, 7) is 2.35. The van der Waals surface area contributed by atoms with Crippen LogP contribution in [0.25, 0.3) is 0 Å². The minimum Gasteiger partial charge on any atom is -0.352 e. The molecule has 0 spiro atoms. The molecule has 0 N–H and O–H groups in total. The van der Waals surface area contributed by atoms with Gasteiger partial charge >= 0.3 is 5.69 Å². The second kappa shape index (κ2) is 6.65. The quantitative estimate of drug-likeness (QED) is 0.693. The Bertz CT molecular complexity index is 836. The van der Waals surface area contributed by atoms with E-state index in [1.54, 1.807) is 23.5 Å². The van der Waals surface area contributed by atoms with Crippen molar-refractivity contribution in [2.75, 3.05) is 31.1 Å². The molecule has 3 rings (SSSR count). The highest BCUT2D eigenvalue weighted by Gasteiger charge is 2.22. The fraction of sp³-hybridized carbons (Fsp3) is 0.400. The number of rotatable bonds is 3. The van der Waals surface area contributed by atoms with Crippen molar-refractivity contribution in [3.63, 3.8) is 0 Å². The molecule has 1 aliphatic rings. The lowest BCUT2D eigenvalue weighted by Crippen LogP contribution is -2.50. The number of anilines is 1. The lowest BCUT2D eigenvalue weighted by molar-refractivity contribution is -0.132. The predicted molar refractivity (Wildman–Crippen MR) is 86.8 cm³/mol. The Labute approximate surface area is 137 Å². The molecule has 0 radical (unpaired) electrons. The molecule has 1 aliphatic heterocycles. The van der Waals surface area contributed by atoms with Crippen LogP contribution in [0.4, 0.5) is 5.82 Å². The van der Waals surface area contributed by atoms with E-state index in [0.29, 0.717) is 26.2 Å². The minimum absolute atomic E-state index is 0.0713. The molecule has 0 aromatic carbocycles. The molecule has 0 bridgehead atoms. The average molecular weight is 330 g/mol. The van der Waals surface area contributed by atoms with E-state index in [0.717, 1.165) is 10.4 Å². The minimum atomic E-state index is -0.492. The molecule has 1 fully saturated rings. The van der Waals surface area contributed by atoms with E-state index in [1.165, 1.54) is 23.9 Å². The molecule has 0 saturated carbocycles. The van der Waals surface area contributed by atoms with Crippen molar-refractivity contribution in [3.05, 3.63) is 51.7 Å². The van der Waals surface area contributed by atoms with Gasteiger partial charge in [0.25, 0.3) is 5.56 Å². The molecule has 24 heavy (non-hydrogen) atoms. The Balaban J connectivity index is 1.63. The van der Waals surface area contributed by atoms with Crippen molar-refractivity contribution in [2.45, 2.75) is 6.54 Å². The molecule has 2 aromatic rings. The monoisotopic (exact) mass is 330 g/mol. The molecule has 126 valence electrons. The SMILES string of the molecule is Cn1c(=O)ccn(CC(=O)N2CCN(c3cnccn3)CC2)c1=O. The smallest absolute Gasteiger partial charge is 0.331 e. The van der Waals surface area contributed by atoms with Crippen LogP contribution >= 0.6 is 0 Å². The standard InChI is InChI=1S/C15H18N6O3/c1-18-13(22)2-5-21(15(18)24)11-14(23)20-8-6-19(7-9-20)12-10-16-3-4-17-12/h2-5,10H,6-9,11H2,1H3. The molecule has 2 aromatic heterocycles. The van der Waals surface area contributed by atoms with Crippen molar-refractivity contribution in [1.29, 1.82) is 0 Å². The highest BCUT2D eigenvalue weighted by atomic mass is 16.2. The van der Waals surface area contributed by atoms with Crippen LogP contribution in [0.3, 0.4) is 0 Å². The van der Waals surface area contributed by atoms with Crippen LogP contribution in [0.1, 0.15) is 0 Å². The lowest BCUT2D eigenvalue weighted by Gasteiger charge is -2.35. The third-order valence-corrected chi connectivity index (χ3v) is 4.07. The third-order valence-electron chi connectivity index (χ3n) is 4.07. The first-order chi connectivity index (χ1) is 11.6. The van der Waals surface area contributed by atoms with E-state index in [4.69, 9.17) is 0 Å². The number of amides is 1. The molecule has 0 unspecified atom stereocenters. The van der Waals surface area contributed by atoms with Gasteiger partial charge in [-0.05, 0) is 0 Å². The van der Waals surface area contributed by atoms with Gasteiger partial charge in [0.2, 0.25) is 5.91 Å². The van der Waals surface area contributed by atoms with Crippen LogP contribution in [0.2, 0.25) is 0 Å². The first kappa shape index (κ1) is 15.9. The molecule has 0 atom stereocenters. The predicted octanol–water partition coefficient (Wildman–Crippen LogP) is -1.31. The van der Waals surface area contributed by atoms with Crippen molar-refractivity contribution in [2.24, 2.45) is 7.05 Å². The number of hydrogen-bond acceptors (Lipinski definition) is 6. The second-order valence-electron chi connectivity index (χ2n) is 5.55. The summed E-state index contributed by atoms with van der Waals surface area (Å²) in [7, 11) is 1.39. The maximum Gasteiger partial charge on any atom is 0.331 e. The van der Waals surface area contributed by atoms with Crippen molar-refractivity contribution in [1.82, 2.24) is 24.0 Å². The van der Waals surface area contributed by atoms with Gasteiger partial charge in [0, 0.05) is 57.9 Å². The number of hydrogen-bond donors (Lipinski definition) is 0. The van der Waals surface area contributed by atoms with Crippen LogP contribution in [0.5, 0.6) is 0 Å². The van der Waals surface area contributed by atoms with Crippen molar-refractivity contribution in [3.8, 4) is 0 Å². The van der Waals surface area contributed by atoms with E-state index in [1.807, 2.05) is 0 Å². The van der Waals surface area contributed by atoms with Gasteiger partial charge in [-0.2, -0.15) is 0 Å². The molecule has 9 nitrogen and oxygen atoms in total. The van der Waals surface area contributed by atoms with Gasteiger partial charge < -0.3 is 9.80 Å². The third kappa shape index (κ3) is 3.19. The molecule has 9 heteroatoms. The van der Waals surface area contributed by atoms with Gasteiger partial charge in [0.05, 0.1) is 6.20 Å². The van der Waals surface area contributed by atoms with Crippen LogP contribution in [0.15, 0.2) is 40.4 Å². The maximum atomic E-state index is 12.4. The number of nitrogens with zero attached hydrogens (tertiary/aromatic N) is 6. The van der Waals surface area contributed by atoms with Gasteiger partial charge in [0.1, 0.15) is 12.4 Å². The van der Waals surface area contributed by atoms with Gasteiger partial charge in [-0.3, -0.25) is 23.7 Å². The molecule has 0 aliphatic carbocycles. The Morgan fingerprint density at radius 1 is 1.17 bits per heavy atom. The van der Waals surface area contributed by atoms with Crippen LogP contribution < -0.4 is 16.1 Å². The fourth-order valence-corrected chi connectivity index (χ4v) is 2.62. The van der Waals surface area contributed by atoms with Gasteiger partial charge in [0.15, 0.2) is 0 Å². The number of carbonyl (C=O) groups is 1. The van der Waals surface area contributed by atoms with E-state index >= 15 is 0 Å². The van der Waals surface area contributed by atoms with E-state index < -0.39 is 5.69 Å². The van der Waals surface area contributed by atoms with Gasteiger partial charge in [-0.25, -0.2) is 9.78 Å². The lowest BCUT2D eigenvalue weighted by atomic mass is 10.3. The fourth-order valence-electron chi connectivity index (χ4n) is 2.62. The normalized spacial score (nSPS) is 14.7. The summed E-state index contributed by atoms with van der Waals surface area (Å²) in [5, 5.41) is 0. The van der Waals surface area contributed by atoms with E-state index in [9.17, 15) is 14.4 Å². The highest BCUT2D eigenvalue weighted by molar-refractivity contribution is 5.76. The van der Waals surface area contributed by atoms with E-state index in [-0.39, 0.29) is 18.0 Å². The zero-order valence-corrected chi connectivity index (χ0v) is 13.3. The van der Waals surface area contributed by atoms with E-state index in [2.05, 4.69) is 14.9 Å². The Hall–Kier alpha value is -2.97. The summed E-state index contributed by atoms with van der Waals surface area (Å²) in [5.41, 5.74) is -0.879. The summed E-state index contributed by atoms with van der Waals surface area (Å²) in [6, 6.07) is 1.28. The number of piperazine rings is 1. The Morgan fingerprint density at radius 3 is 2.58 bits per heavy atom. The summed E-state index contributed by atoms with van der Waals surface area (Å²) in [5.74, 6) is 0.647. The summed E-state index contributed by atoms with van der Waals surface area (Å²) < 4.78 is 2.23. The molecule has 1 amide bonds. The molecular weight excluding hydrogens is 312 g/mol. The topological polar surface area (TPSA) is 93.3 Å². The van der Waals surface area contributed by atoms with Gasteiger partial charge in [-0.15, -0.1) is 0 Å². The van der Waals surface area contributed by atoms with Gasteiger partial charge in [-0.1, -0.05) is 0 Å². The summed E-state index contributed by atoms with van der Waals surface area (Å²) in [4.78, 5) is 47.8. The summed E-state index contributed by atoms with van der Waals surface area (Å²) >= 11 is 0. The highest BCUT2D eigenvalue weighted by Crippen LogP contribution is 2.11. The Kier molecular flexibility index (Phi) is 4.41. The van der Waals surface area contributed by atoms with Crippen molar-refractivity contribution >= 4 is 11.7 Å². The first-order valence-corrected chi connectivity index (χ1v) is 7.61. The van der Waals surface area contributed by atoms with Crippen LogP contribution in [-0.2, 0) is 18.4 Å². The van der Waals surface area contributed by atoms with Crippen molar-refractivity contribution < 1.29 is 4.79 Å².